The van der Waals surface area contributed by atoms with Gasteiger partial charge < -0.3 is 4.90 Å². The lowest BCUT2D eigenvalue weighted by molar-refractivity contribution is 0.236. The molecule has 2 aromatic rings. The van der Waals surface area contributed by atoms with E-state index in [1.165, 1.54) is 0 Å². The number of anilines is 2. The highest BCUT2D eigenvalue weighted by Gasteiger charge is 2.07. The topological polar surface area (TPSA) is 72.2 Å². The number of halogens is 2. The van der Waals surface area contributed by atoms with Crippen LogP contribution in [0.3, 0.4) is 0 Å². The summed E-state index contributed by atoms with van der Waals surface area (Å²) in [5, 5.41) is 13.6. The summed E-state index contributed by atoms with van der Waals surface area (Å²) in [4.78, 5) is 6.50. The number of nitrogens with one attached hydrogen (secondary N) is 2. The Hall–Kier alpha value is -2.28. The lowest BCUT2D eigenvalue weighted by Crippen LogP contribution is -2.27. The molecule has 0 spiro atoms. The van der Waals surface area contributed by atoms with Crippen LogP contribution in [0.2, 0.25) is 0 Å². The fraction of sp³-hybridized carbons (Fsp3) is 0.263. The van der Waals surface area contributed by atoms with Gasteiger partial charge in [-0.15, -0.1) is 23.2 Å². The molecule has 0 aromatic heterocycles. The molecule has 8 heteroatoms. The molecule has 0 aliphatic carbocycles. The second kappa shape index (κ2) is 11.4. The van der Waals surface area contributed by atoms with Gasteiger partial charge in [-0.2, -0.15) is 5.10 Å². The standard InChI is InChI=1S/C19H23Cl2N5O/c1-15(23-24-17-5-3-2-4-6-17)19(25-27)22-16-7-9-18(10-8-16)26(13-11-20)14-12-21/h2-10,24,27H,11-14H2,1H3,(H,22,25)/b23-15+. The second-order valence-corrected chi connectivity index (χ2v) is 6.38. The summed E-state index contributed by atoms with van der Waals surface area (Å²) in [5.74, 6) is 1.31. The van der Waals surface area contributed by atoms with E-state index < -0.39 is 0 Å². The summed E-state index contributed by atoms with van der Waals surface area (Å²) in [6.45, 7) is 3.18. The highest BCUT2D eigenvalue weighted by molar-refractivity contribution is 6.40. The first-order valence-corrected chi connectivity index (χ1v) is 9.56. The van der Waals surface area contributed by atoms with E-state index in [-0.39, 0.29) is 5.84 Å². The summed E-state index contributed by atoms with van der Waals surface area (Å²) in [7, 11) is 0. The van der Waals surface area contributed by atoms with Crippen LogP contribution in [0.4, 0.5) is 17.1 Å². The summed E-state index contributed by atoms with van der Waals surface area (Å²) in [6.07, 6.45) is 0. The molecule has 0 aliphatic rings. The zero-order chi connectivity index (χ0) is 19.5. The van der Waals surface area contributed by atoms with Crippen molar-refractivity contribution in [2.75, 3.05) is 35.2 Å². The molecule has 0 saturated heterocycles. The maximum atomic E-state index is 9.41. The molecule has 0 saturated carbocycles. The van der Waals surface area contributed by atoms with Crippen LogP contribution < -0.4 is 15.8 Å². The molecule has 144 valence electrons. The molecule has 0 heterocycles. The van der Waals surface area contributed by atoms with Gasteiger partial charge in [-0.1, -0.05) is 18.2 Å². The fourth-order valence-corrected chi connectivity index (χ4v) is 2.75. The number of hydrazone groups is 1. The Bertz CT molecular complexity index is 744. The van der Waals surface area contributed by atoms with E-state index in [1.807, 2.05) is 54.6 Å². The van der Waals surface area contributed by atoms with Gasteiger partial charge >= 0.3 is 0 Å². The van der Waals surface area contributed by atoms with Crippen LogP contribution >= 0.6 is 23.2 Å². The van der Waals surface area contributed by atoms with Gasteiger partial charge in [-0.25, -0.2) is 4.99 Å². The highest BCUT2D eigenvalue weighted by Crippen LogP contribution is 2.20. The minimum absolute atomic E-state index is 0.254. The van der Waals surface area contributed by atoms with Crippen LogP contribution in [0, 0.1) is 0 Å². The number of nitrogens with zero attached hydrogens (tertiary/aromatic N) is 3. The average Bonchev–Trinajstić information content (AvgIpc) is 2.71. The van der Waals surface area contributed by atoms with Gasteiger partial charge in [0.25, 0.3) is 0 Å². The van der Waals surface area contributed by atoms with Crippen molar-refractivity contribution in [3.8, 4) is 0 Å². The fourth-order valence-electron chi connectivity index (χ4n) is 2.34. The Morgan fingerprint density at radius 2 is 1.63 bits per heavy atom. The SMILES string of the molecule is C/C(=N\Nc1ccccc1)C(=Nc1ccc(N(CCCl)CCCl)cc1)NO. The van der Waals surface area contributed by atoms with Gasteiger partial charge in [0.15, 0.2) is 5.84 Å². The van der Waals surface area contributed by atoms with E-state index in [0.717, 1.165) is 24.5 Å². The number of para-hydroxylation sites is 1. The minimum atomic E-state index is 0.254. The highest BCUT2D eigenvalue weighted by atomic mass is 35.5. The Morgan fingerprint density at radius 1 is 1.00 bits per heavy atom. The summed E-state index contributed by atoms with van der Waals surface area (Å²) < 4.78 is 0. The van der Waals surface area contributed by atoms with Crippen molar-refractivity contribution in [3.63, 3.8) is 0 Å². The Labute approximate surface area is 169 Å². The molecular weight excluding hydrogens is 385 g/mol. The molecule has 6 nitrogen and oxygen atoms in total. The first-order chi connectivity index (χ1) is 13.2. The lowest BCUT2D eigenvalue weighted by Gasteiger charge is -2.22. The molecule has 27 heavy (non-hydrogen) atoms. The van der Waals surface area contributed by atoms with Crippen molar-refractivity contribution in [1.82, 2.24) is 5.48 Å². The monoisotopic (exact) mass is 407 g/mol. The van der Waals surface area contributed by atoms with Crippen LogP contribution in [0.5, 0.6) is 0 Å². The second-order valence-electron chi connectivity index (χ2n) is 5.63. The maximum absolute atomic E-state index is 9.41. The van der Waals surface area contributed by atoms with E-state index in [1.54, 1.807) is 6.92 Å². The van der Waals surface area contributed by atoms with Crippen LogP contribution in [0.1, 0.15) is 6.92 Å². The summed E-state index contributed by atoms with van der Waals surface area (Å²) in [6, 6.07) is 17.1. The molecule has 0 bridgehead atoms. The average molecular weight is 408 g/mol. The Balaban J connectivity index is 2.11. The molecule has 0 unspecified atom stereocenters. The third kappa shape index (κ3) is 6.75. The van der Waals surface area contributed by atoms with E-state index in [4.69, 9.17) is 23.2 Å². The normalized spacial score (nSPS) is 12.0. The van der Waals surface area contributed by atoms with Gasteiger partial charge in [0.1, 0.15) is 5.71 Å². The molecule has 3 N–H and O–H groups in total. The first-order valence-electron chi connectivity index (χ1n) is 8.49. The van der Waals surface area contributed by atoms with Gasteiger partial charge in [0.05, 0.1) is 11.4 Å². The number of amidine groups is 1. The van der Waals surface area contributed by atoms with Gasteiger partial charge in [-0.05, 0) is 43.3 Å². The summed E-state index contributed by atoms with van der Waals surface area (Å²) >= 11 is 11.7. The van der Waals surface area contributed by atoms with Gasteiger partial charge in [0.2, 0.25) is 0 Å². The number of alkyl halides is 2. The largest absolute Gasteiger partial charge is 0.369 e. The molecule has 2 aromatic carbocycles. The third-order valence-corrected chi connectivity index (χ3v) is 4.08. The van der Waals surface area contributed by atoms with Crippen molar-refractivity contribution in [2.24, 2.45) is 10.1 Å². The number of aliphatic imine (C=N–C) groups is 1. The number of rotatable bonds is 9. The lowest BCUT2D eigenvalue weighted by atomic mass is 10.2. The van der Waals surface area contributed by atoms with Crippen LogP contribution in [0.15, 0.2) is 64.7 Å². The van der Waals surface area contributed by atoms with Crippen LogP contribution in [-0.2, 0) is 0 Å². The van der Waals surface area contributed by atoms with Gasteiger partial charge in [0, 0.05) is 30.5 Å². The molecular formula is C19H23Cl2N5O. The van der Waals surface area contributed by atoms with Crippen LogP contribution in [0.25, 0.3) is 0 Å². The van der Waals surface area contributed by atoms with Crippen molar-refractivity contribution in [1.29, 1.82) is 0 Å². The predicted molar refractivity (Wildman–Crippen MR) is 115 cm³/mol. The molecule has 0 atom stereocenters. The van der Waals surface area contributed by atoms with E-state index in [9.17, 15) is 5.21 Å². The van der Waals surface area contributed by atoms with Crippen molar-refractivity contribution in [2.45, 2.75) is 6.92 Å². The number of hydrogen-bond acceptors (Lipinski definition) is 5. The molecule has 0 aliphatic heterocycles. The summed E-state index contributed by atoms with van der Waals surface area (Å²) in [5.41, 5.74) is 8.08. The van der Waals surface area contributed by atoms with E-state index in [0.29, 0.717) is 23.2 Å². The Morgan fingerprint density at radius 3 is 2.19 bits per heavy atom. The maximum Gasteiger partial charge on any atom is 0.173 e. The zero-order valence-corrected chi connectivity index (χ0v) is 16.6. The Kier molecular flexibility index (Phi) is 8.91. The molecule has 0 fully saturated rings. The zero-order valence-electron chi connectivity index (χ0n) is 15.1. The third-order valence-electron chi connectivity index (χ3n) is 3.74. The first kappa shape index (κ1) is 21.0. The number of hydroxylamine groups is 1. The quantitative estimate of drug-likeness (QED) is 0.248. The predicted octanol–water partition coefficient (Wildman–Crippen LogP) is 4.47. The molecule has 0 radical (unpaired) electrons. The van der Waals surface area contributed by atoms with Crippen molar-refractivity contribution < 1.29 is 5.21 Å². The molecule has 2 rings (SSSR count). The number of hydrogen-bond donors (Lipinski definition) is 3. The van der Waals surface area contributed by atoms with Crippen molar-refractivity contribution >= 4 is 51.8 Å². The molecule has 0 amide bonds. The van der Waals surface area contributed by atoms with Crippen molar-refractivity contribution in [3.05, 3.63) is 54.6 Å². The van der Waals surface area contributed by atoms with Gasteiger partial charge in [-0.3, -0.25) is 16.1 Å². The van der Waals surface area contributed by atoms with E-state index >= 15 is 0 Å². The number of benzene rings is 2. The van der Waals surface area contributed by atoms with E-state index in [2.05, 4.69) is 25.9 Å². The van der Waals surface area contributed by atoms with Crippen LogP contribution in [-0.4, -0.2) is 41.6 Å². The smallest absolute Gasteiger partial charge is 0.173 e. The minimum Gasteiger partial charge on any atom is -0.369 e.